The van der Waals surface area contributed by atoms with Crippen LogP contribution in [0, 0.1) is 0 Å². The summed E-state index contributed by atoms with van der Waals surface area (Å²) in [5, 5.41) is 8.98. The van der Waals surface area contributed by atoms with Gasteiger partial charge >= 0.3 is 0 Å². The van der Waals surface area contributed by atoms with Gasteiger partial charge in [0, 0.05) is 11.0 Å². The van der Waals surface area contributed by atoms with Crippen molar-refractivity contribution in [3.8, 4) is 0 Å². The molecule has 1 unspecified atom stereocenters. The van der Waals surface area contributed by atoms with Crippen LogP contribution >= 0.6 is 22.6 Å². The van der Waals surface area contributed by atoms with Crippen molar-refractivity contribution in [3.63, 3.8) is 0 Å². The highest BCUT2D eigenvalue weighted by atomic mass is 127. The lowest BCUT2D eigenvalue weighted by Gasteiger charge is -2.07. The van der Waals surface area contributed by atoms with Crippen LogP contribution < -0.4 is 4.72 Å². The predicted octanol–water partition coefficient (Wildman–Crippen LogP) is -0.278. The zero-order valence-corrected chi connectivity index (χ0v) is 9.22. The molecule has 0 aliphatic carbocycles. The first-order valence-corrected chi connectivity index (χ1v) is 6.41. The minimum absolute atomic E-state index is 0.0565. The Balaban J connectivity index is 3.71. The summed E-state index contributed by atoms with van der Waals surface area (Å²) in [5.41, 5.74) is 0. The zero-order chi connectivity index (χ0) is 8.91. The van der Waals surface area contributed by atoms with Crippen LogP contribution in [0.5, 0.6) is 0 Å². The Morgan fingerprint density at radius 1 is 1.64 bits per heavy atom. The molecule has 0 saturated carbocycles. The van der Waals surface area contributed by atoms with E-state index in [2.05, 4.69) is 4.72 Å². The first-order chi connectivity index (χ1) is 5.02. The Morgan fingerprint density at radius 2 is 2.18 bits per heavy atom. The molecule has 0 amide bonds. The summed E-state index contributed by atoms with van der Waals surface area (Å²) >= 11 is 1.99. The Labute approximate surface area is 80.6 Å². The Bertz CT molecular complexity index is 192. The van der Waals surface area contributed by atoms with Crippen molar-refractivity contribution in [3.05, 3.63) is 0 Å². The molecule has 11 heavy (non-hydrogen) atoms. The average Bonchev–Trinajstić information content (AvgIpc) is 2.00. The number of hydrogen-bond acceptors (Lipinski definition) is 3. The summed E-state index contributed by atoms with van der Waals surface area (Å²) in [6.45, 7) is 1.66. The fourth-order valence-electron chi connectivity index (χ4n) is 0.380. The molecule has 1 atom stereocenters. The van der Waals surface area contributed by atoms with Crippen LogP contribution in [-0.4, -0.2) is 36.4 Å². The molecule has 0 heterocycles. The van der Waals surface area contributed by atoms with Gasteiger partial charge < -0.3 is 5.11 Å². The summed E-state index contributed by atoms with van der Waals surface area (Å²) in [7, 11) is -3.14. The summed E-state index contributed by atoms with van der Waals surface area (Å²) < 4.78 is 24.4. The van der Waals surface area contributed by atoms with E-state index >= 15 is 0 Å². The maximum atomic E-state index is 10.8. The second kappa shape index (κ2) is 5.28. The van der Waals surface area contributed by atoms with Gasteiger partial charge in [0.05, 0.1) is 11.9 Å². The molecule has 68 valence electrons. The predicted molar refractivity (Wildman–Crippen MR) is 52.4 cm³/mol. The third-order valence-electron chi connectivity index (χ3n) is 1.10. The molecule has 0 radical (unpaired) electrons. The normalized spacial score (nSPS) is 14.8. The number of rotatable bonds is 5. The Morgan fingerprint density at radius 3 is 2.55 bits per heavy atom. The molecule has 0 aliphatic heterocycles. The average molecular weight is 293 g/mol. The number of aliphatic hydroxyl groups is 1. The molecule has 0 spiro atoms. The first-order valence-electron chi connectivity index (χ1n) is 3.23. The Kier molecular flexibility index (Phi) is 5.57. The van der Waals surface area contributed by atoms with E-state index in [1.54, 1.807) is 6.92 Å². The van der Waals surface area contributed by atoms with Crippen LogP contribution in [0.3, 0.4) is 0 Å². The highest BCUT2D eigenvalue weighted by molar-refractivity contribution is 14.1. The summed E-state index contributed by atoms with van der Waals surface area (Å²) in [5.74, 6) is 0.0565. The summed E-state index contributed by atoms with van der Waals surface area (Å²) in [6, 6.07) is 0. The van der Waals surface area contributed by atoms with Crippen LogP contribution in [0.4, 0.5) is 0 Å². The maximum Gasteiger partial charge on any atom is 0.211 e. The molecular formula is C5H12INO3S. The van der Waals surface area contributed by atoms with Crippen LogP contribution in [-0.2, 0) is 10.0 Å². The van der Waals surface area contributed by atoms with Crippen LogP contribution in [0.25, 0.3) is 0 Å². The number of aliphatic hydroxyl groups excluding tert-OH is 1. The zero-order valence-electron chi connectivity index (χ0n) is 6.25. The second-order valence-electron chi connectivity index (χ2n) is 2.06. The summed E-state index contributed by atoms with van der Waals surface area (Å²) in [4.78, 5) is 0. The molecule has 0 bridgehead atoms. The highest BCUT2D eigenvalue weighted by Crippen LogP contribution is 1.90. The fourth-order valence-corrected chi connectivity index (χ4v) is 1.34. The number of alkyl halides is 1. The van der Waals surface area contributed by atoms with E-state index in [0.29, 0.717) is 4.43 Å². The molecule has 0 aromatic carbocycles. The van der Waals surface area contributed by atoms with E-state index in [0.717, 1.165) is 0 Å². The van der Waals surface area contributed by atoms with Crippen molar-refractivity contribution in [1.29, 1.82) is 0 Å². The van der Waals surface area contributed by atoms with E-state index in [-0.39, 0.29) is 12.3 Å². The van der Waals surface area contributed by atoms with E-state index in [9.17, 15) is 8.42 Å². The van der Waals surface area contributed by atoms with Gasteiger partial charge in [-0.3, -0.25) is 0 Å². The maximum absolute atomic E-state index is 10.8. The largest absolute Gasteiger partial charge is 0.391 e. The van der Waals surface area contributed by atoms with Crippen LogP contribution in [0.15, 0.2) is 0 Å². The third-order valence-corrected chi connectivity index (χ3v) is 3.48. The topological polar surface area (TPSA) is 66.4 Å². The van der Waals surface area contributed by atoms with Gasteiger partial charge in [0.15, 0.2) is 0 Å². The van der Waals surface area contributed by atoms with Crippen molar-refractivity contribution in [2.45, 2.75) is 13.0 Å². The van der Waals surface area contributed by atoms with Gasteiger partial charge in [0.1, 0.15) is 0 Å². The van der Waals surface area contributed by atoms with Gasteiger partial charge in [-0.05, 0) is 6.92 Å². The van der Waals surface area contributed by atoms with Crippen molar-refractivity contribution in [1.82, 2.24) is 4.72 Å². The number of halogens is 1. The van der Waals surface area contributed by atoms with E-state index in [1.807, 2.05) is 22.6 Å². The van der Waals surface area contributed by atoms with E-state index in [4.69, 9.17) is 5.11 Å². The lowest BCUT2D eigenvalue weighted by molar-refractivity contribution is 0.206. The molecule has 2 N–H and O–H groups in total. The monoisotopic (exact) mass is 293 g/mol. The Hall–Kier alpha value is 0.600. The van der Waals surface area contributed by atoms with E-state index in [1.165, 1.54) is 0 Å². The third kappa shape index (κ3) is 5.83. The van der Waals surface area contributed by atoms with E-state index < -0.39 is 16.1 Å². The van der Waals surface area contributed by atoms with Gasteiger partial charge in [-0.25, -0.2) is 13.1 Å². The molecule has 0 aromatic rings. The minimum Gasteiger partial charge on any atom is -0.391 e. The molecule has 4 nitrogen and oxygen atoms in total. The minimum atomic E-state index is -3.14. The number of nitrogens with one attached hydrogen (secondary N) is 1. The fraction of sp³-hybridized carbons (Fsp3) is 1.00. The van der Waals surface area contributed by atoms with Gasteiger partial charge in [-0.2, -0.15) is 0 Å². The molecule has 0 aromatic heterocycles. The molecular weight excluding hydrogens is 281 g/mol. The van der Waals surface area contributed by atoms with Gasteiger partial charge in [-0.15, -0.1) is 0 Å². The first kappa shape index (κ1) is 11.6. The molecule has 0 rings (SSSR count). The van der Waals surface area contributed by atoms with Crippen molar-refractivity contribution >= 4 is 32.6 Å². The van der Waals surface area contributed by atoms with Crippen LogP contribution in [0.2, 0.25) is 0 Å². The van der Waals surface area contributed by atoms with Crippen molar-refractivity contribution < 1.29 is 13.5 Å². The molecule has 0 fully saturated rings. The standard InChI is InChI=1S/C5H12INO3S/c1-2-11(9,10)7-4-5(8)3-6/h5,7-8H,2-4H2,1H3. The quantitative estimate of drug-likeness (QED) is 0.541. The molecule has 0 saturated heterocycles. The van der Waals surface area contributed by atoms with Crippen LogP contribution in [0.1, 0.15) is 6.92 Å². The molecule has 0 aliphatic rings. The lowest BCUT2D eigenvalue weighted by Crippen LogP contribution is -2.33. The molecule has 6 heteroatoms. The lowest BCUT2D eigenvalue weighted by atomic mass is 10.4. The van der Waals surface area contributed by atoms with Gasteiger partial charge in [-0.1, -0.05) is 22.6 Å². The van der Waals surface area contributed by atoms with Crippen molar-refractivity contribution in [2.75, 3.05) is 16.7 Å². The number of sulfonamides is 1. The second-order valence-corrected chi connectivity index (χ2v) is 5.04. The summed E-state index contributed by atoms with van der Waals surface area (Å²) in [6.07, 6.45) is -0.586. The SMILES string of the molecule is CCS(=O)(=O)NCC(O)CI. The van der Waals surface area contributed by atoms with Crippen molar-refractivity contribution in [2.24, 2.45) is 0 Å². The number of hydrogen-bond donors (Lipinski definition) is 2. The van der Waals surface area contributed by atoms with Gasteiger partial charge in [0.25, 0.3) is 0 Å². The smallest absolute Gasteiger partial charge is 0.211 e. The van der Waals surface area contributed by atoms with Gasteiger partial charge in [0.2, 0.25) is 10.0 Å². The highest BCUT2D eigenvalue weighted by Gasteiger charge is 2.08.